The van der Waals surface area contributed by atoms with Crippen molar-refractivity contribution < 1.29 is 13.2 Å². The maximum absolute atomic E-state index is 12.5. The molecule has 0 saturated carbocycles. The van der Waals surface area contributed by atoms with Gasteiger partial charge in [-0.25, -0.2) is 8.42 Å². The van der Waals surface area contributed by atoms with Gasteiger partial charge in [-0.15, -0.1) is 12.4 Å². The van der Waals surface area contributed by atoms with Gasteiger partial charge in [0.2, 0.25) is 15.9 Å². The number of anilines is 2. The van der Waals surface area contributed by atoms with E-state index in [1.54, 1.807) is 36.4 Å². The quantitative estimate of drug-likeness (QED) is 0.717. The first-order chi connectivity index (χ1) is 12.5. The summed E-state index contributed by atoms with van der Waals surface area (Å²) in [6, 6.07) is 13.9. The minimum atomic E-state index is -3.39. The van der Waals surface area contributed by atoms with Gasteiger partial charge in [0.1, 0.15) is 0 Å². The number of para-hydroxylation sites is 2. The number of carbonyl (C=O) groups excluding carboxylic acids is 1. The average Bonchev–Trinajstić information content (AvgIpc) is 3.18. The van der Waals surface area contributed by atoms with Crippen molar-refractivity contribution in [3.63, 3.8) is 0 Å². The molecule has 1 aliphatic heterocycles. The second kappa shape index (κ2) is 9.21. The second-order valence-corrected chi connectivity index (χ2v) is 8.33. The van der Waals surface area contributed by atoms with Gasteiger partial charge < -0.3 is 11.1 Å². The fourth-order valence-corrected chi connectivity index (χ4v) is 4.50. The Labute approximate surface area is 166 Å². The van der Waals surface area contributed by atoms with E-state index in [9.17, 15) is 13.2 Å². The normalized spacial score (nSPS) is 14.5. The Morgan fingerprint density at radius 3 is 2.30 bits per heavy atom. The highest BCUT2D eigenvalue weighted by atomic mass is 35.5. The van der Waals surface area contributed by atoms with Gasteiger partial charge in [-0.2, -0.15) is 4.31 Å². The number of rotatable bonds is 6. The number of hydrogen-bond donors (Lipinski definition) is 2. The van der Waals surface area contributed by atoms with E-state index < -0.39 is 10.0 Å². The first-order valence-corrected chi connectivity index (χ1v) is 10.1. The molecule has 3 rings (SSSR count). The molecule has 2 aromatic rings. The Kier molecular flexibility index (Phi) is 7.24. The molecule has 0 atom stereocenters. The number of nitrogens with zero attached hydrogens (tertiary/aromatic N) is 1. The van der Waals surface area contributed by atoms with Gasteiger partial charge in [-0.3, -0.25) is 4.79 Å². The number of hydrogen-bond acceptors (Lipinski definition) is 4. The Morgan fingerprint density at radius 2 is 1.67 bits per heavy atom. The van der Waals surface area contributed by atoms with Crippen LogP contribution in [0.4, 0.5) is 11.4 Å². The molecule has 1 saturated heterocycles. The summed E-state index contributed by atoms with van der Waals surface area (Å²) in [6.45, 7) is 1.18. The maximum Gasteiger partial charge on any atom is 0.243 e. The second-order valence-electron chi connectivity index (χ2n) is 6.39. The van der Waals surface area contributed by atoms with Gasteiger partial charge in [0.05, 0.1) is 16.3 Å². The smallest absolute Gasteiger partial charge is 0.243 e. The molecular weight excluding hydrogens is 386 g/mol. The van der Waals surface area contributed by atoms with Crippen LogP contribution in [0.2, 0.25) is 0 Å². The van der Waals surface area contributed by atoms with Crippen LogP contribution in [0.15, 0.2) is 53.4 Å². The number of amides is 1. The third kappa shape index (κ3) is 5.22. The standard InChI is InChI=1S/C19H23N3O3S.ClH/c20-17-5-1-2-6-18(17)21-19(23)12-9-15-7-10-16(11-8-15)26(24,25)22-13-3-4-14-22;/h1-2,5-8,10-11H,3-4,9,12-14,20H2,(H,21,23);1H. The minimum absolute atomic E-state index is 0. The van der Waals surface area contributed by atoms with Crippen molar-refractivity contribution in [2.24, 2.45) is 0 Å². The summed E-state index contributed by atoms with van der Waals surface area (Å²) in [5, 5.41) is 2.79. The molecule has 0 aromatic heterocycles. The highest BCUT2D eigenvalue weighted by Crippen LogP contribution is 2.21. The van der Waals surface area contributed by atoms with Crippen LogP contribution in [0.5, 0.6) is 0 Å². The topological polar surface area (TPSA) is 92.5 Å². The number of nitrogen functional groups attached to an aromatic ring is 1. The van der Waals surface area contributed by atoms with E-state index in [4.69, 9.17) is 5.73 Å². The summed E-state index contributed by atoms with van der Waals surface area (Å²) in [5.74, 6) is -0.128. The van der Waals surface area contributed by atoms with Crippen molar-refractivity contribution in [2.45, 2.75) is 30.6 Å². The first kappa shape index (κ1) is 21.2. The van der Waals surface area contributed by atoms with Crippen molar-refractivity contribution in [1.29, 1.82) is 0 Å². The molecule has 146 valence electrons. The van der Waals surface area contributed by atoms with Gasteiger partial charge in [0.15, 0.2) is 0 Å². The highest BCUT2D eigenvalue weighted by Gasteiger charge is 2.26. The molecule has 1 aliphatic rings. The van der Waals surface area contributed by atoms with Crippen molar-refractivity contribution in [2.75, 3.05) is 24.1 Å². The molecule has 3 N–H and O–H groups in total. The predicted octanol–water partition coefficient (Wildman–Crippen LogP) is 3.05. The number of aryl methyl sites for hydroxylation is 1. The van der Waals surface area contributed by atoms with Crippen LogP contribution in [0.25, 0.3) is 0 Å². The molecule has 0 spiro atoms. The van der Waals surface area contributed by atoms with E-state index in [2.05, 4.69) is 5.32 Å². The summed E-state index contributed by atoms with van der Waals surface area (Å²) in [4.78, 5) is 12.4. The Balaban J connectivity index is 0.00000261. The third-order valence-corrected chi connectivity index (χ3v) is 6.41. The van der Waals surface area contributed by atoms with Crippen LogP contribution >= 0.6 is 12.4 Å². The third-order valence-electron chi connectivity index (χ3n) is 4.50. The molecule has 1 amide bonds. The van der Waals surface area contributed by atoms with Crippen LogP contribution in [0.1, 0.15) is 24.8 Å². The zero-order valence-corrected chi connectivity index (χ0v) is 16.6. The van der Waals surface area contributed by atoms with E-state index >= 15 is 0 Å². The van der Waals surface area contributed by atoms with E-state index in [0.29, 0.717) is 42.2 Å². The Hall–Kier alpha value is -2.09. The maximum atomic E-state index is 12.5. The molecule has 0 bridgehead atoms. The van der Waals surface area contributed by atoms with E-state index in [0.717, 1.165) is 18.4 Å². The number of sulfonamides is 1. The largest absolute Gasteiger partial charge is 0.397 e. The lowest BCUT2D eigenvalue weighted by molar-refractivity contribution is -0.116. The molecule has 1 heterocycles. The number of halogens is 1. The molecule has 1 fully saturated rings. The van der Waals surface area contributed by atoms with E-state index in [-0.39, 0.29) is 18.3 Å². The zero-order valence-electron chi connectivity index (χ0n) is 14.9. The molecular formula is C19H24ClN3O3S. The lowest BCUT2D eigenvalue weighted by Crippen LogP contribution is -2.27. The number of nitrogens with one attached hydrogen (secondary N) is 1. The van der Waals surface area contributed by atoms with Crippen molar-refractivity contribution in [1.82, 2.24) is 4.31 Å². The summed E-state index contributed by atoms with van der Waals surface area (Å²) >= 11 is 0. The molecule has 8 heteroatoms. The summed E-state index contributed by atoms with van der Waals surface area (Å²) in [6.07, 6.45) is 2.66. The monoisotopic (exact) mass is 409 g/mol. The molecule has 0 unspecified atom stereocenters. The van der Waals surface area contributed by atoms with Crippen molar-refractivity contribution in [3.8, 4) is 0 Å². The fourth-order valence-electron chi connectivity index (χ4n) is 2.99. The van der Waals surface area contributed by atoms with Gasteiger partial charge in [-0.05, 0) is 49.1 Å². The van der Waals surface area contributed by atoms with Crippen LogP contribution in [-0.4, -0.2) is 31.7 Å². The lowest BCUT2D eigenvalue weighted by atomic mass is 10.1. The van der Waals surface area contributed by atoms with Gasteiger partial charge in [-0.1, -0.05) is 24.3 Å². The molecule has 27 heavy (non-hydrogen) atoms. The summed E-state index contributed by atoms with van der Waals surface area (Å²) < 4.78 is 26.5. The van der Waals surface area contributed by atoms with E-state index in [1.807, 2.05) is 12.1 Å². The Morgan fingerprint density at radius 1 is 1.04 bits per heavy atom. The predicted molar refractivity (Wildman–Crippen MR) is 109 cm³/mol. The first-order valence-electron chi connectivity index (χ1n) is 8.70. The fraction of sp³-hybridized carbons (Fsp3) is 0.316. The van der Waals surface area contributed by atoms with E-state index in [1.165, 1.54) is 4.31 Å². The lowest BCUT2D eigenvalue weighted by Gasteiger charge is -2.15. The SMILES string of the molecule is Cl.Nc1ccccc1NC(=O)CCc1ccc(S(=O)(=O)N2CCCC2)cc1. The molecule has 2 aromatic carbocycles. The van der Waals surface area contributed by atoms with Crippen LogP contribution in [-0.2, 0) is 21.2 Å². The average molecular weight is 410 g/mol. The van der Waals surface area contributed by atoms with Gasteiger partial charge in [0, 0.05) is 19.5 Å². The number of benzene rings is 2. The zero-order chi connectivity index (χ0) is 18.6. The van der Waals surface area contributed by atoms with Crippen molar-refractivity contribution in [3.05, 3.63) is 54.1 Å². The van der Waals surface area contributed by atoms with Crippen LogP contribution in [0, 0.1) is 0 Å². The molecule has 0 radical (unpaired) electrons. The molecule has 6 nitrogen and oxygen atoms in total. The Bertz CT molecular complexity index is 879. The number of carbonyl (C=O) groups is 1. The minimum Gasteiger partial charge on any atom is -0.397 e. The van der Waals surface area contributed by atoms with Crippen LogP contribution in [0.3, 0.4) is 0 Å². The summed E-state index contributed by atoms with van der Waals surface area (Å²) in [5.41, 5.74) is 7.85. The number of nitrogens with two attached hydrogens (primary N) is 1. The van der Waals surface area contributed by atoms with Crippen LogP contribution < -0.4 is 11.1 Å². The van der Waals surface area contributed by atoms with Gasteiger partial charge >= 0.3 is 0 Å². The molecule has 0 aliphatic carbocycles. The van der Waals surface area contributed by atoms with Crippen molar-refractivity contribution >= 4 is 39.7 Å². The van der Waals surface area contributed by atoms with Gasteiger partial charge in [0.25, 0.3) is 0 Å². The summed E-state index contributed by atoms with van der Waals surface area (Å²) in [7, 11) is -3.39. The highest BCUT2D eigenvalue weighted by molar-refractivity contribution is 7.89.